The largest absolute Gasteiger partial charge is 0.373 e. The molecule has 1 aromatic heterocycles. The summed E-state index contributed by atoms with van der Waals surface area (Å²) in [6.45, 7) is 11.8. The topological polar surface area (TPSA) is 53.1 Å². The molecule has 0 aliphatic heterocycles. The molecule has 0 spiro atoms. The van der Waals surface area contributed by atoms with Crippen molar-refractivity contribution < 1.29 is 0 Å². The Kier molecular flexibility index (Phi) is 5.96. The molecule has 0 amide bonds. The van der Waals surface area contributed by atoms with Gasteiger partial charge in [-0.05, 0) is 20.0 Å². The zero-order valence-electron chi connectivity index (χ0n) is 14.8. The van der Waals surface area contributed by atoms with Crippen LogP contribution in [0.15, 0.2) is 6.07 Å². The first kappa shape index (κ1) is 17.7. The lowest BCUT2D eigenvalue weighted by molar-refractivity contribution is 0.344. The molecule has 0 saturated heterocycles. The van der Waals surface area contributed by atoms with E-state index in [-0.39, 0.29) is 5.41 Å². The second-order valence-corrected chi connectivity index (χ2v) is 7.22. The summed E-state index contributed by atoms with van der Waals surface area (Å²) in [4.78, 5) is 11.5. The van der Waals surface area contributed by atoms with Gasteiger partial charge in [0, 0.05) is 31.1 Å². The van der Waals surface area contributed by atoms with E-state index in [1.165, 1.54) is 0 Å². The van der Waals surface area contributed by atoms with E-state index in [1.807, 2.05) is 13.1 Å². The lowest BCUT2D eigenvalue weighted by atomic mass is 9.95. The van der Waals surface area contributed by atoms with Crippen LogP contribution in [0.25, 0.3) is 0 Å². The number of rotatable bonds is 6. The molecular formula is C16H31N5. The van der Waals surface area contributed by atoms with Crippen LogP contribution in [-0.4, -0.2) is 48.6 Å². The van der Waals surface area contributed by atoms with Crippen LogP contribution in [0.4, 0.5) is 11.6 Å². The second-order valence-electron chi connectivity index (χ2n) is 7.22. The smallest absolute Gasteiger partial charge is 0.138 e. The van der Waals surface area contributed by atoms with Gasteiger partial charge in [-0.3, -0.25) is 0 Å². The van der Waals surface area contributed by atoms with Crippen LogP contribution in [0.3, 0.4) is 0 Å². The molecule has 0 aromatic carbocycles. The van der Waals surface area contributed by atoms with E-state index in [4.69, 9.17) is 4.98 Å². The van der Waals surface area contributed by atoms with Gasteiger partial charge in [0.05, 0.1) is 0 Å². The Morgan fingerprint density at radius 3 is 2.14 bits per heavy atom. The predicted octanol–water partition coefficient (Wildman–Crippen LogP) is 2.81. The van der Waals surface area contributed by atoms with Crippen LogP contribution < -0.4 is 10.6 Å². The van der Waals surface area contributed by atoms with E-state index in [9.17, 15) is 0 Å². The van der Waals surface area contributed by atoms with Crippen molar-refractivity contribution in [3.8, 4) is 0 Å². The summed E-state index contributed by atoms with van der Waals surface area (Å²) in [6, 6.07) is 2.33. The third-order valence-corrected chi connectivity index (χ3v) is 3.35. The van der Waals surface area contributed by atoms with Gasteiger partial charge in [0.1, 0.15) is 17.5 Å². The summed E-state index contributed by atoms with van der Waals surface area (Å²) in [5.41, 5.74) is -0.0713. The number of anilines is 2. The number of nitrogens with one attached hydrogen (secondary N) is 2. The Labute approximate surface area is 129 Å². The lowest BCUT2D eigenvalue weighted by Crippen LogP contribution is -2.37. The number of hydrogen-bond acceptors (Lipinski definition) is 5. The molecule has 5 heteroatoms. The Morgan fingerprint density at radius 1 is 1.14 bits per heavy atom. The maximum atomic E-state index is 4.70. The van der Waals surface area contributed by atoms with Crippen molar-refractivity contribution in [1.82, 2.24) is 14.9 Å². The summed E-state index contributed by atoms with van der Waals surface area (Å²) in [6.07, 6.45) is 0. The van der Waals surface area contributed by atoms with Crippen molar-refractivity contribution in [2.24, 2.45) is 5.92 Å². The molecule has 0 radical (unpaired) electrons. The molecular weight excluding hydrogens is 262 g/mol. The van der Waals surface area contributed by atoms with Gasteiger partial charge in [0.15, 0.2) is 0 Å². The van der Waals surface area contributed by atoms with Gasteiger partial charge < -0.3 is 15.5 Å². The third kappa shape index (κ3) is 5.50. The van der Waals surface area contributed by atoms with Gasteiger partial charge >= 0.3 is 0 Å². The lowest BCUT2D eigenvalue weighted by Gasteiger charge is -2.27. The highest BCUT2D eigenvalue weighted by Gasteiger charge is 2.21. The minimum absolute atomic E-state index is 0.0713. The van der Waals surface area contributed by atoms with Crippen LogP contribution in [0, 0.1) is 5.92 Å². The molecule has 5 nitrogen and oxygen atoms in total. The Bertz CT molecular complexity index is 448. The molecule has 0 aliphatic rings. The van der Waals surface area contributed by atoms with E-state index in [1.54, 1.807) is 0 Å². The van der Waals surface area contributed by atoms with Crippen molar-refractivity contribution in [3.63, 3.8) is 0 Å². The van der Waals surface area contributed by atoms with Crippen molar-refractivity contribution in [3.05, 3.63) is 11.9 Å². The average molecular weight is 293 g/mol. The maximum Gasteiger partial charge on any atom is 0.138 e. The molecule has 2 N–H and O–H groups in total. The SMILES string of the molecule is CNc1cc(NC(CN(C)C)C(C)C)nc(C(C)(C)C)n1. The zero-order chi connectivity index (χ0) is 16.2. The normalized spacial score (nSPS) is 13.6. The zero-order valence-corrected chi connectivity index (χ0v) is 14.8. The molecule has 0 saturated carbocycles. The van der Waals surface area contributed by atoms with Gasteiger partial charge in [0.2, 0.25) is 0 Å². The maximum absolute atomic E-state index is 4.70. The van der Waals surface area contributed by atoms with Crippen LogP contribution >= 0.6 is 0 Å². The van der Waals surface area contributed by atoms with Crippen molar-refractivity contribution in [2.75, 3.05) is 38.3 Å². The molecule has 1 unspecified atom stereocenters. The van der Waals surface area contributed by atoms with E-state index < -0.39 is 0 Å². The minimum atomic E-state index is -0.0713. The van der Waals surface area contributed by atoms with E-state index in [0.29, 0.717) is 12.0 Å². The van der Waals surface area contributed by atoms with Gasteiger partial charge in [0.25, 0.3) is 0 Å². The first-order valence-corrected chi connectivity index (χ1v) is 7.62. The summed E-state index contributed by atoms with van der Waals surface area (Å²) >= 11 is 0. The summed E-state index contributed by atoms with van der Waals surface area (Å²) in [7, 11) is 6.07. The van der Waals surface area contributed by atoms with Gasteiger partial charge in [-0.15, -0.1) is 0 Å². The first-order chi connectivity index (χ1) is 9.63. The molecule has 120 valence electrons. The summed E-state index contributed by atoms with van der Waals surface area (Å²) in [5, 5.41) is 6.69. The van der Waals surface area contributed by atoms with E-state index in [0.717, 1.165) is 24.0 Å². The Morgan fingerprint density at radius 2 is 1.71 bits per heavy atom. The highest BCUT2D eigenvalue weighted by molar-refractivity contribution is 5.48. The van der Waals surface area contributed by atoms with Crippen LogP contribution in [0.1, 0.15) is 40.4 Å². The van der Waals surface area contributed by atoms with Crippen LogP contribution in [0.2, 0.25) is 0 Å². The number of nitrogens with zero attached hydrogens (tertiary/aromatic N) is 3. The van der Waals surface area contributed by atoms with Crippen LogP contribution in [-0.2, 0) is 5.41 Å². The highest BCUT2D eigenvalue weighted by atomic mass is 15.1. The molecule has 0 fully saturated rings. The van der Waals surface area contributed by atoms with Gasteiger partial charge in [-0.25, -0.2) is 9.97 Å². The Balaban J connectivity index is 3.05. The third-order valence-electron chi connectivity index (χ3n) is 3.35. The molecule has 0 bridgehead atoms. The number of aromatic nitrogens is 2. The fraction of sp³-hybridized carbons (Fsp3) is 0.750. The molecule has 21 heavy (non-hydrogen) atoms. The average Bonchev–Trinajstić information content (AvgIpc) is 2.35. The summed E-state index contributed by atoms with van der Waals surface area (Å²) < 4.78 is 0. The molecule has 1 rings (SSSR count). The molecule has 0 aliphatic carbocycles. The quantitative estimate of drug-likeness (QED) is 0.844. The van der Waals surface area contributed by atoms with Gasteiger partial charge in [-0.1, -0.05) is 34.6 Å². The molecule has 1 atom stereocenters. The second kappa shape index (κ2) is 7.07. The van der Waals surface area contributed by atoms with Gasteiger partial charge in [-0.2, -0.15) is 0 Å². The first-order valence-electron chi connectivity index (χ1n) is 7.62. The predicted molar refractivity (Wildman–Crippen MR) is 91.1 cm³/mol. The highest BCUT2D eigenvalue weighted by Crippen LogP contribution is 2.23. The van der Waals surface area contributed by atoms with Crippen molar-refractivity contribution >= 4 is 11.6 Å². The fourth-order valence-electron chi connectivity index (χ4n) is 1.99. The minimum Gasteiger partial charge on any atom is -0.373 e. The molecule has 1 aromatic rings. The number of hydrogen-bond donors (Lipinski definition) is 2. The fourth-order valence-corrected chi connectivity index (χ4v) is 1.99. The summed E-state index contributed by atoms with van der Waals surface area (Å²) in [5.74, 6) is 3.12. The Hall–Kier alpha value is -1.36. The van der Waals surface area contributed by atoms with Crippen LogP contribution in [0.5, 0.6) is 0 Å². The van der Waals surface area contributed by atoms with Crippen molar-refractivity contribution in [1.29, 1.82) is 0 Å². The standard InChI is InChI=1S/C16H31N5/c1-11(2)12(10-21(7)8)18-14-9-13(17-6)19-15(20-14)16(3,4)5/h9,11-12H,10H2,1-8H3,(H2,17,18,19,20). The van der Waals surface area contributed by atoms with E-state index >= 15 is 0 Å². The number of likely N-dealkylation sites (N-methyl/N-ethyl adjacent to an activating group) is 1. The molecule has 1 heterocycles. The monoisotopic (exact) mass is 293 g/mol. The van der Waals surface area contributed by atoms with E-state index in [2.05, 4.69) is 69.2 Å². The van der Waals surface area contributed by atoms with Crippen molar-refractivity contribution in [2.45, 2.75) is 46.1 Å².